The topological polar surface area (TPSA) is 30.5 Å². The number of methoxy groups -OCH3 is 1. The van der Waals surface area contributed by atoms with Crippen molar-refractivity contribution in [2.45, 2.75) is 43.7 Å². The Morgan fingerprint density at radius 1 is 1.05 bits per heavy atom. The molecule has 1 saturated heterocycles. The van der Waals surface area contributed by atoms with E-state index in [1.165, 1.54) is 31.2 Å². The molecule has 1 aliphatic heterocycles. The van der Waals surface area contributed by atoms with Gasteiger partial charge >= 0.3 is 0 Å². The maximum Gasteiger partial charge on any atom is 0.118 e. The normalized spacial score (nSPS) is 27.8. The number of nitrogens with one attached hydrogen (secondary N) is 1. The van der Waals surface area contributed by atoms with Crippen molar-refractivity contribution >= 4 is 0 Å². The maximum atomic E-state index is 5.39. The zero-order valence-corrected chi connectivity index (χ0v) is 11.6. The van der Waals surface area contributed by atoms with Gasteiger partial charge in [0.2, 0.25) is 0 Å². The van der Waals surface area contributed by atoms with Gasteiger partial charge in [0.25, 0.3) is 0 Å². The van der Waals surface area contributed by atoms with Crippen LogP contribution in [0.4, 0.5) is 0 Å². The summed E-state index contributed by atoms with van der Waals surface area (Å²) in [4.78, 5) is 0. The molecular formula is C16H23NO2. The molecule has 1 aromatic carbocycles. The Kier molecular flexibility index (Phi) is 4.04. The highest BCUT2D eigenvalue weighted by atomic mass is 16.5. The van der Waals surface area contributed by atoms with Crippen LogP contribution in [0.1, 0.15) is 37.2 Å². The summed E-state index contributed by atoms with van der Waals surface area (Å²) in [5.74, 6) is 1.67. The summed E-state index contributed by atoms with van der Waals surface area (Å²) in [5, 5.41) is 3.77. The molecule has 1 saturated carbocycles. The van der Waals surface area contributed by atoms with E-state index in [0.29, 0.717) is 12.1 Å². The largest absolute Gasteiger partial charge is 0.497 e. The molecule has 2 fully saturated rings. The summed E-state index contributed by atoms with van der Waals surface area (Å²) in [5.41, 5.74) is 1.45. The van der Waals surface area contributed by atoms with Gasteiger partial charge in [0.1, 0.15) is 5.75 Å². The number of benzene rings is 1. The van der Waals surface area contributed by atoms with E-state index in [2.05, 4.69) is 29.6 Å². The van der Waals surface area contributed by atoms with Gasteiger partial charge in [-0.2, -0.15) is 0 Å². The Morgan fingerprint density at radius 3 is 2.37 bits per heavy atom. The molecule has 104 valence electrons. The van der Waals surface area contributed by atoms with Gasteiger partial charge in [-0.25, -0.2) is 0 Å². The van der Waals surface area contributed by atoms with Crippen molar-refractivity contribution < 1.29 is 9.47 Å². The van der Waals surface area contributed by atoms with Crippen LogP contribution in [0.25, 0.3) is 0 Å². The molecular weight excluding hydrogens is 238 g/mol. The summed E-state index contributed by atoms with van der Waals surface area (Å²) < 4.78 is 10.6. The number of rotatable bonds is 4. The van der Waals surface area contributed by atoms with Crippen LogP contribution >= 0.6 is 0 Å². The van der Waals surface area contributed by atoms with Crippen molar-refractivity contribution in [3.05, 3.63) is 29.8 Å². The standard InChI is InChI=1S/C16H23NO2/c1-18-16-4-2-12(3-5-16)13-10-15(11-13)17-14-6-8-19-9-7-14/h2-5,13-15,17H,6-11H2,1H3. The molecule has 3 rings (SSSR count). The lowest BCUT2D eigenvalue weighted by Gasteiger charge is -2.39. The third-order valence-electron chi connectivity index (χ3n) is 4.42. The summed E-state index contributed by atoms with van der Waals surface area (Å²) in [6, 6.07) is 9.91. The summed E-state index contributed by atoms with van der Waals surface area (Å²) in [6.45, 7) is 1.85. The Hall–Kier alpha value is -1.06. The molecule has 1 heterocycles. The van der Waals surface area contributed by atoms with Gasteiger partial charge in [-0.05, 0) is 49.3 Å². The molecule has 0 spiro atoms. The smallest absolute Gasteiger partial charge is 0.118 e. The molecule has 1 aliphatic carbocycles. The van der Waals surface area contributed by atoms with E-state index in [1.807, 2.05) is 0 Å². The van der Waals surface area contributed by atoms with Gasteiger partial charge in [0, 0.05) is 25.3 Å². The van der Waals surface area contributed by atoms with E-state index in [1.54, 1.807) is 7.11 Å². The number of hydrogen-bond acceptors (Lipinski definition) is 3. The Labute approximate surface area is 115 Å². The molecule has 1 aromatic rings. The fourth-order valence-corrected chi connectivity index (χ4v) is 3.10. The molecule has 3 nitrogen and oxygen atoms in total. The highest BCUT2D eigenvalue weighted by Gasteiger charge is 2.31. The van der Waals surface area contributed by atoms with Crippen molar-refractivity contribution in [1.82, 2.24) is 5.32 Å². The molecule has 19 heavy (non-hydrogen) atoms. The molecule has 1 N–H and O–H groups in total. The van der Waals surface area contributed by atoms with Gasteiger partial charge in [0.05, 0.1) is 7.11 Å². The minimum absolute atomic E-state index is 0.676. The molecule has 0 aromatic heterocycles. The minimum atomic E-state index is 0.676. The average molecular weight is 261 g/mol. The van der Waals surface area contributed by atoms with Gasteiger partial charge in [-0.1, -0.05) is 12.1 Å². The van der Waals surface area contributed by atoms with Crippen LogP contribution in [0, 0.1) is 0 Å². The van der Waals surface area contributed by atoms with Crippen LogP contribution in [0.3, 0.4) is 0 Å². The minimum Gasteiger partial charge on any atom is -0.497 e. The van der Waals surface area contributed by atoms with E-state index in [-0.39, 0.29) is 0 Å². The van der Waals surface area contributed by atoms with E-state index in [9.17, 15) is 0 Å². The fourth-order valence-electron chi connectivity index (χ4n) is 3.10. The van der Waals surface area contributed by atoms with Crippen LogP contribution in [0.2, 0.25) is 0 Å². The fraction of sp³-hybridized carbons (Fsp3) is 0.625. The average Bonchev–Trinajstić information content (AvgIpc) is 2.44. The Balaban J connectivity index is 1.46. The van der Waals surface area contributed by atoms with Crippen molar-refractivity contribution in [2.24, 2.45) is 0 Å². The zero-order valence-electron chi connectivity index (χ0n) is 11.6. The van der Waals surface area contributed by atoms with Gasteiger partial charge in [-0.3, -0.25) is 0 Å². The second-order valence-corrected chi connectivity index (χ2v) is 5.69. The predicted octanol–water partition coefficient (Wildman–Crippen LogP) is 2.71. The highest BCUT2D eigenvalue weighted by molar-refractivity contribution is 5.30. The van der Waals surface area contributed by atoms with Crippen molar-refractivity contribution in [2.75, 3.05) is 20.3 Å². The molecule has 0 radical (unpaired) electrons. The number of ether oxygens (including phenoxy) is 2. The van der Waals surface area contributed by atoms with Crippen molar-refractivity contribution in [3.63, 3.8) is 0 Å². The first-order chi connectivity index (χ1) is 9.35. The van der Waals surface area contributed by atoms with Crippen molar-refractivity contribution in [1.29, 1.82) is 0 Å². The molecule has 0 amide bonds. The second-order valence-electron chi connectivity index (χ2n) is 5.69. The monoisotopic (exact) mass is 261 g/mol. The van der Waals surface area contributed by atoms with E-state index >= 15 is 0 Å². The summed E-state index contributed by atoms with van der Waals surface area (Å²) in [7, 11) is 1.71. The Morgan fingerprint density at radius 2 is 1.74 bits per heavy atom. The third-order valence-corrected chi connectivity index (χ3v) is 4.42. The zero-order chi connectivity index (χ0) is 13.1. The van der Waals surface area contributed by atoms with E-state index in [4.69, 9.17) is 9.47 Å². The van der Waals surface area contributed by atoms with Crippen LogP contribution in [0.15, 0.2) is 24.3 Å². The highest BCUT2D eigenvalue weighted by Crippen LogP contribution is 2.37. The van der Waals surface area contributed by atoms with Crippen LogP contribution in [-0.2, 0) is 4.74 Å². The van der Waals surface area contributed by atoms with Crippen LogP contribution < -0.4 is 10.1 Å². The van der Waals surface area contributed by atoms with E-state index < -0.39 is 0 Å². The molecule has 0 atom stereocenters. The van der Waals surface area contributed by atoms with Crippen LogP contribution in [-0.4, -0.2) is 32.4 Å². The first-order valence-electron chi connectivity index (χ1n) is 7.33. The summed E-state index contributed by atoms with van der Waals surface area (Å²) >= 11 is 0. The van der Waals surface area contributed by atoms with Gasteiger partial charge < -0.3 is 14.8 Å². The quantitative estimate of drug-likeness (QED) is 0.904. The number of hydrogen-bond donors (Lipinski definition) is 1. The first-order valence-corrected chi connectivity index (χ1v) is 7.33. The summed E-state index contributed by atoms with van der Waals surface area (Å²) in [6.07, 6.45) is 4.88. The predicted molar refractivity (Wildman–Crippen MR) is 75.7 cm³/mol. The lowest BCUT2D eigenvalue weighted by atomic mass is 9.75. The molecule has 2 aliphatic rings. The van der Waals surface area contributed by atoms with Crippen molar-refractivity contribution in [3.8, 4) is 5.75 Å². The third kappa shape index (κ3) is 3.10. The van der Waals surface area contributed by atoms with E-state index in [0.717, 1.165) is 24.9 Å². The SMILES string of the molecule is COc1ccc(C2CC(NC3CCOCC3)C2)cc1. The van der Waals surface area contributed by atoms with Crippen LogP contribution in [0.5, 0.6) is 5.75 Å². The molecule has 0 unspecified atom stereocenters. The first kappa shape index (κ1) is 12.9. The lowest BCUT2D eigenvalue weighted by molar-refractivity contribution is 0.0698. The van der Waals surface area contributed by atoms with Gasteiger partial charge in [0.15, 0.2) is 0 Å². The molecule has 3 heteroatoms. The lowest BCUT2D eigenvalue weighted by Crippen LogP contribution is -2.47. The second kappa shape index (κ2) is 5.93. The maximum absolute atomic E-state index is 5.39. The molecule has 0 bridgehead atoms. The Bertz CT molecular complexity index is 392. The van der Waals surface area contributed by atoms with Gasteiger partial charge in [-0.15, -0.1) is 0 Å².